The Bertz CT molecular complexity index is 1150. The lowest BCUT2D eigenvalue weighted by molar-refractivity contribution is 0.431. The molecular formula is C17H15N5O4S. The van der Waals surface area contributed by atoms with E-state index in [-0.39, 0.29) is 17.4 Å². The summed E-state index contributed by atoms with van der Waals surface area (Å²) in [7, 11) is -3.55. The van der Waals surface area contributed by atoms with E-state index in [9.17, 15) is 8.42 Å². The molecule has 10 heteroatoms. The van der Waals surface area contributed by atoms with Crippen molar-refractivity contribution < 1.29 is 17.6 Å². The molecule has 0 bridgehead atoms. The fourth-order valence-corrected chi connectivity index (χ4v) is 2.85. The van der Waals surface area contributed by atoms with E-state index in [0.29, 0.717) is 28.5 Å². The normalized spacial score (nSPS) is 11.0. The number of sulfonamides is 1. The molecule has 0 amide bonds. The van der Waals surface area contributed by atoms with Gasteiger partial charge in [-0.2, -0.15) is 10.2 Å². The molecule has 3 aromatic rings. The summed E-state index contributed by atoms with van der Waals surface area (Å²) in [5, 5.41) is 9.03. The number of hydrogen-bond donors (Lipinski definition) is 1. The number of aromatic nitrogens is 3. The number of ether oxygens (including phenoxy) is 1. The zero-order chi connectivity index (χ0) is 19.6. The van der Waals surface area contributed by atoms with E-state index < -0.39 is 10.0 Å². The van der Waals surface area contributed by atoms with Crippen molar-refractivity contribution in [3.8, 4) is 29.1 Å². The number of anilines is 1. The average Bonchev–Trinajstić information content (AvgIpc) is 2.92. The van der Waals surface area contributed by atoms with Crippen LogP contribution in [-0.4, -0.2) is 29.6 Å². The quantitative estimate of drug-likeness (QED) is 0.709. The Hall–Kier alpha value is -3.45. The van der Waals surface area contributed by atoms with Gasteiger partial charge in [0.15, 0.2) is 11.7 Å². The number of hydrogen-bond acceptors (Lipinski definition) is 8. The van der Waals surface area contributed by atoms with Crippen molar-refractivity contribution in [3.05, 3.63) is 47.8 Å². The van der Waals surface area contributed by atoms with E-state index in [1.165, 1.54) is 12.3 Å². The number of nitrogens with zero attached hydrogens (tertiary/aromatic N) is 4. The molecule has 0 fully saturated rings. The Labute approximate surface area is 155 Å². The first kappa shape index (κ1) is 18.3. The lowest BCUT2D eigenvalue weighted by Gasteiger charge is -2.11. The van der Waals surface area contributed by atoms with E-state index in [2.05, 4.69) is 19.7 Å². The minimum absolute atomic E-state index is 0.00307. The Morgan fingerprint density at radius 2 is 1.96 bits per heavy atom. The molecule has 0 unspecified atom stereocenters. The summed E-state index contributed by atoms with van der Waals surface area (Å²) in [4.78, 5) is 12.5. The third-order valence-corrected chi connectivity index (χ3v) is 3.96. The molecule has 0 spiro atoms. The minimum atomic E-state index is -3.55. The van der Waals surface area contributed by atoms with Gasteiger partial charge in [-0.05, 0) is 25.1 Å². The van der Waals surface area contributed by atoms with Crippen LogP contribution in [0.5, 0.6) is 11.8 Å². The first-order chi connectivity index (χ1) is 12.7. The highest BCUT2D eigenvalue weighted by Crippen LogP contribution is 2.32. The zero-order valence-electron chi connectivity index (χ0n) is 14.7. The number of oxazole rings is 1. The third-order valence-electron chi connectivity index (χ3n) is 3.37. The van der Waals surface area contributed by atoms with E-state index in [1.807, 2.05) is 6.07 Å². The van der Waals surface area contributed by atoms with Crippen LogP contribution in [0.25, 0.3) is 11.3 Å². The Kier molecular flexibility index (Phi) is 4.79. The van der Waals surface area contributed by atoms with Gasteiger partial charge in [-0.15, -0.1) is 0 Å². The smallest absolute Gasteiger partial charge is 0.263 e. The summed E-state index contributed by atoms with van der Waals surface area (Å²) in [6, 6.07) is 6.74. The predicted octanol–water partition coefficient (Wildman–Crippen LogP) is 2.78. The molecule has 0 saturated heterocycles. The Balaban J connectivity index is 2.08. The molecular weight excluding hydrogens is 370 g/mol. The van der Waals surface area contributed by atoms with Crippen LogP contribution >= 0.6 is 0 Å². The van der Waals surface area contributed by atoms with Crippen LogP contribution in [0.4, 0.5) is 5.69 Å². The highest BCUT2D eigenvalue weighted by Gasteiger charge is 2.17. The molecule has 0 atom stereocenters. The van der Waals surface area contributed by atoms with Gasteiger partial charge in [-0.1, -0.05) is 0 Å². The summed E-state index contributed by atoms with van der Waals surface area (Å²) >= 11 is 0. The second-order valence-corrected chi connectivity index (χ2v) is 7.44. The number of aryl methyl sites for hydroxylation is 2. The molecule has 0 aliphatic heterocycles. The number of pyridine rings is 2. The zero-order valence-corrected chi connectivity index (χ0v) is 15.5. The van der Waals surface area contributed by atoms with Crippen LogP contribution in [0.2, 0.25) is 0 Å². The SMILES string of the molecule is Cc1nc(Oc2nc(-c3cncc(C#N)c3)ccc2NS(C)(=O)=O)c(C)o1. The number of nitrogens with one attached hydrogen (secondary N) is 1. The molecule has 9 nitrogen and oxygen atoms in total. The first-order valence-corrected chi connectivity index (χ1v) is 9.60. The second kappa shape index (κ2) is 7.05. The van der Waals surface area contributed by atoms with Crippen LogP contribution in [-0.2, 0) is 10.0 Å². The van der Waals surface area contributed by atoms with Gasteiger partial charge in [-0.25, -0.2) is 13.4 Å². The molecule has 0 saturated carbocycles. The van der Waals surface area contributed by atoms with Crippen molar-refractivity contribution in [1.29, 1.82) is 5.26 Å². The van der Waals surface area contributed by atoms with Gasteiger partial charge in [-0.3, -0.25) is 9.71 Å². The van der Waals surface area contributed by atoms with Crippen molar-refractivity contribution in [2.75, 3.05) is 11.0 Å². The van der Waals surface area contributed by atoms with Gasteiger partial charge in [0, 0.05) is 24.9 Å². The Morgan fingerprint density at radius 1 is 1.19 bits per heavy atom. The van der Waals surface area contributed by atoms with E-state index in [1.54, 1.807) is 32.2 Å². The summed E-state index contributed by atoms with van der Waals surface area (Å²) in [6.45, 7) is 3.33. The maximum Gasteiger partial charge on any atom is 0.263 e. The summed E-state index contributed by atoms with van der Waals surface area (Å²) in [6.07, 6.45) is 4.00. The van der Waals surface area contributed by atoms with Crippen LogP contribution in [0.15, 0.2) is 35.0 Å². The van der Waals surface area contributed by atoms with Gasteiger partial charge in [0.2, 0.25) is 15.9 Å². The molecule has 1 N–H and O–H groups in total. The predicted molar refractivity (Wildman–Crippen MR) is 96.7 cm³/mol. The Morgan fingerprint density at radius 3 is 2.59 bits per heavy atom. The van der Waals surface area contributed by atoms with Gasteiger partial charge < -0.3 is 9.15 Å². The van der Waals surface area contributed by atoms with Crippen LogP contribution in [0, 0.1) is 25.2 Å². The lowest BCUT2D eigenvalue weighted by atomic mass is 10.1. The molecule has 3 rings (SSSR count). The number of rotatable bonds is 5. The van der Waals surface area contributed by atoms with Gasteiger partial charge >= 0.3 is 0 Å². The van der Waals surface area contributed by atoms with Crippen LogP contribution < -0.4 is 9.46 Å². The van der Waals surface area contributed by atoms with Gasteiger partial charge in [0.05, 0.1) is 17.5 Å². The standard InChI is InChI=1S/C17H15N5O4S/c1-10-16(20-11(2)25-10)26-17-15(22-27(3,23)24)5-4-14(21-17)13-6-12(7-18)8-19-9-13/h4-6,8-9,22H,1-3H3. The lowest BCUT2D eigenvalue weighted by Crippen LogP contribution is -2.11. The largest absolute Gasteiger partial charge is 0.442 e. The summed E-state index contributed by atoms with van der Waals surface area (Å²) in [5.74, 6) is 1.01. The molecule has 3 aromatic heterocycles. The fourth-order valence-electron chi connectivity index (χ4n) is 2.29. The van der Waals surface area contributed by atoms with Crippen LogP contribution in [0.1, 0.15) is 17.2 Å². The van der Waals surface area contributed by atoms with E-state index in [0.717, 1.165) is 6.26 Å². The van der Waals surface area contributed by atoms with Crippen molar-refractivity contribution in [3.63, 3.8) is 0 Å². The fraction of sp³-hybridized carbons (Fsp3) is 0.176. The van der Waals surface area contributed by atoms with E-state index >= 15 is 0 Å². The minimum Gasteiger partial charge on any atom is -0.442 e. The maximum atomic E-state index is 11.6. The van der Waals surface area contributed by atoms with Crippen molar-refractivity contribution in [2.24, 2.45) is 0 Å². The van der Waals surface area contributed by atoms with Gasteiger partial charge in [0.25, 0.3) is 5.88 Å². The van der Waals surface area contributed by atoms with Crippen LogP contribution in [0.3, 0.4) is 0 Å². The monoisotopic (exact) mass is 385 g/mol. The van der Waals surface area contributed by atoms with Crippen molar-refractivity contribution >= 4 is 15.7 Å². The molecule has 0 aromatic carbocycles. The van der Waals surface area contributed by atoms with Gasteiger partial charge in [0.1, 0.15) is 11.8 Å². The topological polar surface area (TPSA) is 131 Å². The molecule has 138 valence electrons. The summed E-state index contributed by atoms with van der Waals surface area (Å²) < 4.78 is 36.7. The van der Waals surface area contributed by atoms with Crippen molar-refractivity contribution in [2.45, 2.75) is 13.8 Å². The molecule has 0 radical (unpaired) electrons. The third kappa shape index (κ3) is 4.39. The highest BCUT2D eigenvalue weighted by molar-refractivity contribution is 7.92. The summed E-state index contributed by atoms with van der Waals surface area (Å²) in [5.41, 5.74) is 1.55. The highest BCUT2D eigenvalue weighted by atomic mass is 32.2. The molecule has 0 aliphatic carbocycles. The molecule has 27 heavy (non-hydrogen) atoms. The molecule has 3 heterocycles. The van der Waals surface area contributed by atoms with E-state index in [4.69, 9.17) is 14.4 Å². The second-order valence-electron chi connectivity index (χ2n) is 5.69. The maximum absolute atomic E-state index is 11.6. The number of nitriles is 1. The first-order valence-electron chi connectivity index (χ1n) is 7.71. The van der Waals surface area contributed by atoms with Crippen molar-refractivity contribution in [1.82, 2.24) is 15.0 Å². The molecule has 0 aliphatic rings. The average molecular weight is 385 g/mol.